The van der Waals surface area contributed by atoms with Gasteiger partial charge in [0.2, 0.25) is 0 Å². The third-order valence-corrected chi connectivity index (χ3v) is 6.08. The highest BCUT2D eigenvalue weighted by atomic mass is 35.5. The lowest BCUT2D eigenvalue weighted by molar-refractivity contribution is -0.116. The topological polar surface area (TPSA) is 46.6 Å². The number of halogens is 1. The van der Waals surface area contributed by atoms with Crippen LogP contribution >= 0.6 is 11.6 Å². The summed E-state index contributed by atoms with van der Waals surface area (Å²) in [6.07, 6.45) is 6.00. The Labute approximate surface area is 166 Å². The highest BCUT2D eigenvalue weighted by molar-refractivity contribution is 6.30. The summed E-state index contributed by atoms with van der Waals surface area (Å²) < 4.78 is 5.98. The van der Waals surface area contributed by atoms with E-state index in [1.807, 2.05) is 12.1 Å². The molecule has 0 aromatic heterocycles. The van der Waals surface area contributed by atoms with Crippen molar-refractivity contribution in [3.8, 4) is 0 Å². The van der Waals surface area contributed by atoms with Gasteiger partial charge in [-0.25, -0.2) is 4.79 Å². The van der Waals surface area contributed by atoms with E-state index in [2.05, 4.69) is 20.8 Å². The second-order valence-electron chi connectivity index (χ2n) is 8.21. The first-order valence-corrected chi connectivity index (χ1v) is 10.2. The molecule has 0 saturated heterocycles. The van der Waals surface area contributed by atoms with Crippen LogP contribution in [0.1, 0.15) is 58.1 Å². The summed E-state index contributed by atoms with van der Waals surface area (Å²) in [5.41, 5.74) is 0.881. The molecule has 1 aliphatic heterocycles. The quantitative estimate of drug-likeness (QED) is 0.659. The number of ether oxygens (including phenoxy) is 1. The molecule has 1 aromatic carbocycles. The zero-order valence-corrected chi connectivity index (χ0v) is 17.0. The van der Waals surface area contributed by atoms with E-state index in [0.717, 1.165) is 18.4 Å². The first kappa shape index (κ1) is 19.9. The molecule has 1 saturated carbocycles. The van der Waals surface area contributed by atoms with Crippen LogP contribution in [-0.4, -0.2) is 22.9 Å². The van der Waals surface area contributed by atoms with Crippen molar-refractivity contribution in [1.29, 1.82) is 0 Å². The summed E-state index contributed by atoms with van der Waals surface area (Å²) in [6, 6.07) is 6.92. The normalized spacial score (nSPS) is 28.5. The molecule has 4 nitrogen and oxygen atoms in total. The molecule has 0 N–H and O–H groups in total. The lowest BCUT2D eigenvalue weighted by atomic mass is 9.75. The fourth-order valence-corrected chi connectivity index (χ4v) is 4.34. The van der Waals surface area contributed by atoms with Crippen LogP contribution in [0.5, 0.6) is 0 Å². The van der Waals surface area contributed by atoms with Crippen molar-refractivity contribution in [2.75, 3.05) is 0 Å². The van der Waals surface area contributed by atoms with Gasteiger partial charge in [0.25, 0.3) is 0 Å². The molecule has 3 rings (SSSR count). The zero-order valence-electron chi connectivity index (χ0n) is 16.2. The molecule has 1 amide bonds. The molecule has 1 heterocycles. The zero-order chi connectivity index (χ0) is 19.6. The average molecular weight is 390 g/mol. The van der Waals surface area contributed by atoms with Gasteiger partial charge in [-0.2, -0.15) is 0 Å². The highest BCUT2D eigenvalue weighted by Gasteiger charge is 2.36. The van der Waals surface area contributed by atoms with Crippen molar-refractivity contribution >= 4 is 23.5 Å². The van der Waals surface area contributed by atoms with Gasteiger partial charge in [-0.1, -0.05) is 50.9 Å². The smallest absolute Gasteiger partial charge is 0.414 e. The number of hydrogen-bond acceptors (Lipinski definition) is 3. The second-order valence-corrected chi connectivity index (χ2v) is 8.65. The first-order chi connectivity index (χ1) is 12.8. The molecule has 146 valence electrons. The van der Waals surface area contributed by atoms with Crippen LogP contribution in [0.15, 0.2) is 36.5 Å². The molecule has 5 heteroatoms. The summed E-state index contributed by atoms with van der Waals surface area (Å²) >= 11 is 5.98. The van der Waals surface area contributed by atoms with Crippen molar-refractivity contribution in [2.24, 2.45) is 17.8 Å². The van der Waals surface area contributed by atoms with Crippen LogP contribution < -0.4 is 0 Å². The summed E-state index contributed by atoms with van der Waals surface area (Å²) in [5.74, 6) is 1.42. The van der Waals surface area contributed by atoms with E-state index >= 15 is 0 Å². The molecule has 0 radical (unpaired) electrons. The lowest BCUT2D eigenvalue weighted by Gasteiger charge is -2.38. The molecule has 2 aliphatic rings. The maximum Gasteiger partial charge on any atom is 0.414 e. The fourth-order valence-electron chi connectivity index (χ4n) is 4.22. The average Bonchev–Trinajstić information content (AvgIpc) is 2.62. The Balaban J connectivity index is 1.79. The number of benzene rings is 1. The van der Waals surface area contributed by atoms with Gasteiger partial charge in [-0.3, -0.25) is 9.69 Å². The van der Waals surface area contributed by atoms with Crippen molar-refractivity contribution < 1.29 is 14.3 Å². The summed E-state index contributed by atoms with van der Waals surface area (Å²) in [4.78, 5) is 26.5. The third-order valence-electron chi connectivity index (χ3n) is 5.83. The summed E-state index contributed by atoms with van der Waals surface area (Å²) in [6.45, 7) is 6.60. The summed E-state index contributed by atoms with van der Waals surface area (Å²) in [5, 5.41) is 0.626. The number of carbonyl (C=O) groups is 2. The summed E-state index contributed by atoms with van der Waals surface area (Å²) in [7, 11) is 0. The predicted molar refractivity (Wildman–Crippen MR) is 106 cm³/mol. The van der Waals surface area contributed by atoms with E-state index in [4.69, 9.17) is 16.3 Å². The molecule has 1 aromatic rings. The number of nitrogens with zero attached hydrogens (tertiary/aromatic N) is 1. The van der Waals surface area contributed by atoms with Gasteiger partial charge >= 0.3 is 6.09 Å². The Hall–Kier alpha value is -1.81. The van der Waals surface area contributed by atoms with Gasteiger partial charge in [0.05, 0.1) is 6.04 Å². The fraction of sp³-hybridized carbons (Fsp3) is 0.545. The Morgan fingerprint density at radius 3 is 2.59 bits per heavy atom. The minimum Gasteiger partial charge on any atom is -0.446 e. The third kappa shape index (κ3) is 4.73. The number of ketones is 1. The largest absolute Gasteiger partial charge is 0.446 e. The van der Waals surface area contributed by atoms with E-state index in [-0.39, 0.29) is 30.4 Å². The van der Waals surface area contributed by atoms with Crippen LogP contribution in [0.25, 0.3) is 0 Å². The monoisotopic (exact) mass is 389 g/mol. The van der Waals surface area contributed by atoms with Crippen LogP contribution in [0.3, 0.4) is 0 Å². The molecule has 1 fully saturated rings. The van der Waals surface area contributed by atoms with Crippen LogP contribution in [0.4, 0.5) is 4.79 Å². The van der Waals surface area contributed by atoms with Gasteiger partial charge < -0.3 is 4.74 Å². The molecule has 0 spiro atoms. The van der Waals surface area contributed by atoms with Crippen molar-refractivity contribution in [2.45, 2.75) is 58.6 Å². The maximum absolute atomic E-state index is 13.0. The SMILES string of the molecule is CC(C)[C@@H]1CC[C@@H](C)C[C@H]1OC(=O)N1C=CC(=O)C[C@@H]1c1ccc(Cl)cc1. The van der Waals surface area contributed by atoms with E-state index in [1.54, 1.807) is 23.2 Å². The minimum atomic E-state index is -0.372. The van der Waals surface area contributed by atoms with Crippen molar-refractivity contribution in [1.82, 2.24) is 4.90 Å². The molecule has 1 aliphatic carbocycles. The van der Waals surface area contributed by atoms with Gasteiger partial charge in [-0.15, -0.1) is 0 Å². The van der Waals surface area contributed by atoms with Gasteiger partial charge in [-0.05, 0) is 54.4 Å². The predicted octanol–water partition coefficient (Wildman–Crippen LogP) is 5.77. The number of rotatable bonds is 3. The molecular weight excluding hydrogens is 362 g/mol. The Morgan fingerprint density at radius 2 is 1.93 bits per heavy atom. The highest BCUT2D eigenvalue weighted by Crippen LogP contribution is 2.37. The second kappa shape index (κ2) is 8.47. The number of hydrogen-bond donors (Lipinski definition) is 0. The van der Waals surface area contributed by atoms with Crippen molar-refractivity contribution in [3.63, 3.8) is 0 Å². The van der Waals surface area contributed by atoms with Crippen molar-refractivity contribution in [3.05, 3.63) is 47.1 Å². The Bertz CT molecular complexity index is 713. The van der Waals surface area contributed by atoms with Gasteiger partial charge in [0.15, 0.2) is 5.78 Å². The Morgan fingerprint density at radius 1 is 1.22 bits per heavy atom. The standard InChI is InChI=1S/C22H28ClNO3/c1-14(2)19-9-4-15(3)12-21(19)27-22(26)24-11-10-18(25)13-20(24)16-5-7-17(23)8-6-16/h5-8,10-11,14-15,19-21H,4,9,12-13H2,1-3H3/t15-,19+,20-,21-/m1/s1. The molecule has 0 unspecified atom stereocenters. The van der Waals surface area contributed by atoms with E-state index < -0.39 is 0 Å². The minimum absolute atomic E-state index is 0.00495. The molecule has 0 bridgehead atoms. The van der Waals surface area contributed by atoms with Gasteiger partial charge in [0.1, 0.15) is 6.10 Å². The number of allylic oxidation sites excluding steroid dienone is 1. The van der Waals surface area contributed by atoms with Crippen LogP contribution in [0, 0.1) is 17.8 Å². The molecule has 4 atom stereocenters. The van der Waals surface area contributed by atoms with Crippen LogP contribution in [-0.2, 0) is 9.53 Å². The van der Waals surface area contributed by atoms with E-state index in [0.29, 0.717) is 22.8 Å². The van der Waals surface area contributed by atoms with Gasteiger partial charge in [0, 0.05) is 17.6 Å². The first-order valence-electron chi connectivity index (χ1n) is 9.80. The number of carbonyl (C=O) groups excluding carboxylic acids is 2. The maximum atomic E-state index is 13.0. The number of amides is 1. The van der Waals surface area contributed by atoms with E-state index in [9.17, 15) is 9.59 Å². The van der Waals surface area contributed by atoms with E-state index in [1.165, 1.54) is 12.5 Å². The Kier molecular flexibility index (Phi) is 6.25. The molecular formula is C22H28ClNO3. The van der Waals surface area contributed by atoms with Crippen LogP contribution in [0.2, 0.25) is 5.02 Å². The lowest BCUT2D eigenvalue weighted by Crippen LogP contribution is -2.41. The molecule has 27 heavy (non-hydrogen) atoms.